The molecular weight excluding hydrogens is 275 g/mol. The third-order valence-corrected chi connectivity index (χ3v) is 2.80. The van der Waals surface area contributed by atoms with Crippen LogP contribution in [0.5, 0.6) is 0 Å². The number of rotatable bonds is 9. The molecule has 0 fully saturated rings. The maximum Gasteiger partial charge on any atom is 0.249 e. The molecule has 0 aliphatic heterocycles. The second kappa shape index (κ2) is 9.88. The van der Waals surface area contributed by atoms with Crippen LogP contribution in [-0.4, -0.2) is 18.4 Å². The number of carbonyl (C=O) groups is 2. The first-order chi connectivity index (χ1) is 10.1. The zero-order chi connectivity index (χ0) is 15.5. The van der Waals surface area contributed by atoms with E-state index in [-0.39, 0.29) is 30.8 Å². The molecule has 1 aromatic rings. The van der Waals surface area contributed by atoms with E-state index in [0.717, 1.165) is 24.8 Å². The molecule has 0 heterocycles. The highest BCUT2D eigenvalue weighted by Crippen LogP contribution is 2.02. The summed E-state index contributed by atoms with van der Waals surface area (Å²) in [5.74, 6) is -0.901. The Bertz CT molecular complexity index is 449. The highest BCUT2D eigenvalue weighted by Gasteiger charge is 2.04. The Morgan fingerprint density at radius 3 is 2.52 bits per heavy atom. The van der Waals surface area contributed by atoms with Crippen LogP contribution in [0.2, 0.25) is 0 Å². The van der Waals surface area contributed by atoms with Crippen molar-refractivity contribution in [1.82, 2.24) is 10.8 Å². The lowest BCUT2D eigenvalue weighted by Gasteiger charge is -2.07. The molecular formula is C15H21FN2O3. The van der Waals surface area contributed by atoms with Crippen LogP contribution < -0.4 is 10.8 Å². The number of hydrogen-bond donors (Lipinski definition) is 2. The van der Waals surface area contributed by atoms with Crippen LogP contribution in [0.15, 0.2) is 24.3 Å². The fraction of sp³-hybridized carbons (Fsp3) is 0.467. The first-order valence-electron chi connectivity index (χ1n) is 7.03. The van der Waals surface area contributed by atoms with Gasteiger partial charge in [0.1, 0.15) is 5.82 Å². The van der Waals surface area contributed by atoms with Gasteiger partial charge in [0.15, 0.2) is 6.61 Å². The van der Waals surface area contributed by atoms with Crippen molar-refractivity contribution in [2.45, 2.75) is 39.2 Å². The average molecular weight is 296 g/mol. The number of hydroxylamine groups is 1. The number of halogens is 1. The van der Waals surface area contributed by atoms with E-state index < -0.39 is 0 Å². The standard InChI is InChI=1S/C15H21FN2O3/c1-2-3-4-5-14(19)18-21-11-15(20)17-10-12-6-8-13(16)9-7-12/h6-9H,2-5,10-11H2,1H3,(H,17,20)(H,18,19). The smallest absolute Gasteiger partial charge is 0.249 e. The van der Waals surface area contributed by atoms with Crippen LogP contribution in [0, 0.1) is 5.82 Å². The van der Waals surface area contributed by atoms with Gasteiger partial charge in [-0.2, -0.15) is 0 Å². The highest BCUT2D eigenvalue weighted by atomic mass is 19.1. The summed E-state index contributed by atoms with van der Waals surface area (Å²) < 4.78 is 12.7. The number of amides is 2. The van der Waals surface area contributed by atoms with Gasteiger partial charge in [-0.1, -0.05) is 31.9 Å². The van der Waals surface area contributed by atoms with E-state index in [2.05, 4.69) is 17.7 Å². The van der Waals surface area contributed by atoms with Gasteiger partial charge in [-0.25, -0.2) is 9.87 Å². The van der Waals surface area contributed by atoms with Gasteiger partial charge < -0.3 is 5.32 Å². The van der Waals surface area contributed by atoms with Gasteiger partial charge in [-0.3, -0.25) is 14.4 Å². The summed E-state index contributed by atoms with van der Waals surface area (Å²) in [5.41, 5.74) is 3.01. The van der Waals surface area contributed by atoms with Crippen molar-refractivity contribution in [3.8, 4) is 0 Å². The number of hydrogen-bond acceptors (Lipinski definition) is 3. The molecule has 0 aromatic heterocycles. The fourth-order valence-electron chi connectivity index (χ4n) is 1.62. The Balaban J connectivity index is 2.11. The monoisotopic (exact) mass is 296 g/mol. The van der Waals surface area contributed by atoms with E-state index in [1.165, 1.54) is 12.1 Å². The van der Waals surface area contributed by atoms with Crippen molar-refractivity contribution in [2.75, 3.05) is 6.61 Å². The summed E-state index contributed by atoms with van der Waals surface area (Å²) in [6.45, 7) is 2.09. The van der Waals surface area contributed by atoms with Crippen LogP contribution in [0.3, 0.4) is 0 Å². The molecule has 0 radical (unpaired) electrons. The van der Waals surface area contributed by atoms with Crippen LogP contribution in [0.25, 0.3) is 0 Å². The van der Waals surface area contributed by atoms with Crippen molar-refractivity contribution in [1.29, 1.82) is 0 Å². The first kappa shape index (κ1) is 17.1. The van der Waals surface area contributed by atoms with Crippen LogP contribution in [-0.2, 0) is 21.0 Å². The predicted molar refractivity (Wildman–Crippen MR) is 76.5 cm³/mol. The van der Waals surface area contributed by atoms with Crippen molar-refractivity contribution < 1.29 is 18.8 Å². The van der Waals surface area contributed by atoms with Gasteiger partial charge in [0.05, 0.1) is 0 Å². The van der Waals surface area contributed by atoms with Crippen molar-refractivity contribution in [2.24, 2.45) is 0 Å². The Kier molecular flexibility index (Phi) is 8.04. The Morgan fingerprint density at radius 1 is 1.14 bits per heavy atom. The SMILES string of the molecule is CCCCCC(=O)NOCC(=O)NCc1ccc(F)cc1. The topological polar surface area (TPSA) is 67.4 Å². The molecule has 1 aromatic carbocycles. The Hall–Kier alpha value is -1.95. The van der Waals surface area contributed by atoms with E-state index in [0.29, 0.717) is 6.42 Å². The second-order valence-electron chi connectivity index (χ2n) is 4.67. The molecule has 21 heavy (non-hydrogen) atoms. The van der Waals surface area contributed by atoms with Gasteiger partial charge in [-0.15, -0.1) is 0 Å². The normalized spacial score (nSPS) is 10.2. The number of carbonyl (C=O) groups excluding carboxylic acids is 2. The summed E-state index contributed by atoms with van der Waals surface area (Å²) in [6.07, 6.45) is 3.24. The molecule has 0 saturated heterocycles. The summed E-state index contributed by atoms with van der Waals surface area (Å²) >= 11 is 0. The summed E-state index contributed by atoms with van der Waals surface area (Å²) in [6, 6.07) is 5.83. The first-order valence-corrected chi connectivity index (χ1v) is 7.03. The third-order valence-electron chi connectivity index (χ3n) is 2.80. The lowest BCUT2D eigenvalue weighted by Crippen LogP contribution is -2.32. The molecule has 6 heteroatoms. The minimum absolute atomic E-state index is 0.227. The van der Waals surface area contributed by atoms with Gasteiger partial charge in [-0.05, 0) is 24.1 Å². The van der Waals surface area contributed by atoms with E-state index in [1.807, 2.05) is 0 Å². The highest BCUT2D eigenvalue weighted by molar-refractivity contribution is 5.78. The van der Waals surface area contributed by atoms with E-state index in [4.69, 9.17) is 4.84 Å². The molecule has 0 saturated carbocycles. The molecule has 0 spiro atoms. The molecule has 0 atom stereocenters. The van der Waals surface area contributed by atoms with E-state index in [1.54, 1.807) is 12.1 Å². The maximum atomic E-state index is 12.7. The lowest BCUT2D eigenvalue weighted by atomic mass is 10.2. The third kappa shape index (κ3) is 8.04. The van der Waals surface area contributed by atoms with Crippen LogP contribution >= 0.6 is 0 Å². The van der Waals surface area contributed by atoms with Gasteiger partial charge in [0.25, 0.3) is 0 Å². The van der Waals surface area contributed by atoms with Gasteiger partial charge in [0, 0.05) is 13.0 Å². The zero-order valence-corrected chi connectivity index (χ0v) is 12.2. The predicted octanol–water partition coefficient (Wildman–Crippen LogP) is 2.07. The average Bonchev–Trinajstić information content (AvgIpc) is 2.47. The lowest BCUT2D eigenvalue weighted by molar-refractivity contribution is -0.139. The maximum absolute atomic E-state index is 12.7. The fourth-order valence-corrected chi connectivity index (χ4v) is 1.62. The summed E-state index contributed by atoms with van der Waals surface area (Å²) in [5, 5.41) is 2.61. The Labute approximate surface area is 123 Å². The Morgan fingerprint density at radius 2 is 1.86 bits per heavy atom. The molecule has 116 valence electrons. The van der Waals surface area contributed by atoms with Crippen molar-refractivity contribution in [3.05, 3.63) is 35.6 Å². The molecule has 0 aliphatic rings. The summed E-state index contributed by atoms with van der Waals surface area (Å²) in [4.78, 5) is 27.6. The molecule has 0 bridgehead atoms. The van der Waals surface area contributed by atoms with E-state index >= 15 is 0 Å². The van der Waals surface area contributed by atoms with Crippen molar-refractivity contribution in [3.63, 3.8) is 0 Å². The zero-order valence-electron chi connectivity index (χ0n) is 12.2. The van der Waals surface area contributed by atoms with Gasteiger partial charge in [0.2, 0.25) is 11.8 Å². The molecule has 0 aliphatic carbocycles. The second-order valence-corrected chi connectivity index (χ2v) is 4.67. The van der Waals surface area contributed by atoms with Crippen LogP contribution in [0.4, 0.5) is 4.39 Å². The molecule has 2 amide bonds. The quantitative estimate of drug-likeness (QED) is 0.541. The number of benzene rings is 1. The largest absolute Gasteiger partial charge is 0.350 e. The number of nitrogens with one attached hydrogen (secondary N) is 2. The summed E-state index contributed by atoms with van der Waals surface area (Å²) in [7, 11) is 0. The minimum Gasteiger partial charge on any atom is -0.350 e. The van der Waals surface area contributed by atoms with Crippen molar-refractivity contribution >= 4 is 11.8 Å². The molecule has 1 rings (SSSR count). The molecule has 2 N–H and O–H groups in total. The van der Waals surface area contributed by atoms with E-state index in [9.17, 15) is 14.0 Å². The molecule has 0 unspecified atom stereocenters. The minimum atomic E-state index is -0.354. The van der Waals surface area contributed by atoms with Crippen LogP contribution in [0.1, 0.15) is 38.2 Å². The van der Waals surface area contributed by atoms with Gasteiger partial charge >= 0.3 is 0 Å². The number of unbranched alkanes of at least 4 members (excludes halogenated alkanes) is 2. The molecule has 5 nitrogen and oxygen atoms in total.